The average Bonchev–Trinajstić information content (AvgIpc) is 3.37. The zero-order valence-electron chi connectivity index (χ0n) is 35.2. The first kappa shape index (κ1) is 39.7. The van der Waals surface area contributed by atoms with E-state index in [1.165, 1.54) is 60.5 Å². The number of nitrogens with one attached hydrogen (secondary N) is 1. The van der Waals surface area contributed by atoms with Crippen LogP contribution in [-0.2, 0) is 11.3 Å². The Morgan fingerprint density at radius 3 is 1.62 bits per heavy atom. The van der Waals surface area contributed by atoms with Crippen molar-refractivity contribution in [1.82, 2.24) is 5.32 Å². The summed E-state index contributed by atoms with van der Waals surface area (Å²) in [4.78, 5) is 6.47. The lowest BCUT2D eigenvalue weighted by atomic mass is 9.78. The standard InChI is InChI=1S/C60H46N2S/c1-61-56(44-22-8-3-9-23-44)41-57(62-42-43-20-6-2-7-21-43)50-29-18-27-48(40-50)46-25-16-24-45(38-46)47-26-17-28-49(39-47)53-35-19-37-58-59(53)54-34-14-15-36-55(54)60(63-58,51-30-10-4-11-31-51)52-32-12-5-13-33-52/h2-41,61H,42H2,1H3/b56-41-,62-57?. The van der Waals surface area contributed by atoms with Crippen molar-refractivity contribution in [3.63, 3.8) is 0 Å². The van der Waals surface area contributed by atoms with Crippen molar-refractivity contribution < 1.29 is 0 Å². The molecule has 0 amide bonds. The first-order chi connectivity index (χ1) is 31.2. The minimum atomic E-state index is -0.397. The summed E-state index contributed by atoms with van der Waals surface area (Å²) in [7, 11) is 1.97. The lowest BCUT2D eigenvalue weighted by Gasteiger charge is -2.41. The van der Waals surface area contributed by atoms with Crippen LogP contribution in [0.4, 0.5) is 0 Å². The lowest BCUT2D eigenvalue weighted by Crippen LogP contribution is -2.28. The number of aliphatic imine (C=N–C) groups is 1. The van der Waals surface area contributed by atoms with Crippen molar-refractivity contribution in [2.45, 2.75) is 16.2 Å². The molecule has 1 heterocycles. The molecular weight excluding hydrogens is 781 g/mol. The van der Waals surface area contributed by atoms with Gasteiger partial charge in [0.05, 0.1) is 17.0 Å². The second kappa shape index (κ2) is 17.9. The molecule has 0 radical (unpaired) electrons. The highest BCUT2D eigenvalue weighted by Crippen LogP contribution is 2.60. The van der Waals surface area contributed by atoms with Crippen LogP contribution in [0.2, 0.25) is 0 Å². The molecule has 63 heavy (non-hydrogen) atoms. The second-order valence-electron chi connectivity index (χ2n) is 15.8. The summed E-state index contributed by atoms with van der Waals surface area (Å²) in [5.41, 5.74) is 18.8. The maximum Gasteiger partial charge on any atom is 0.0960 e. The molecule has 0 saturated carbocycles. The maximum atomic E-state index is 5.20. The molecule has 10 rings (SSSR count). The van der Waals surface area contributed by atoms with E-state index >= 15 is 0 Å². The predicted molar refractivity (Wildman–Crippen MR) is 267 cm³/mol. The molecule has 9 aromatic carbocycles. The fourth-order valence-electron chi connectivity index (χ4n) is 8.94. The molecular formula is C60H46N2S. The van der Waals surface area contributed by atoms with Crippen molar-refractivity contribution in [3.8, 4) is 44.5 Å². The Bertz CT molecular complexity index is 3040. The normalized spacial score (nSPS) is 13.2. The molecule has 1 N–H and O–H groups in total. The van der Waals surface area contributed by atoms with Crippen molar-refractivity contribution in [3.05, 3.63) is 276 Å². The smallest absolute Gasteiger partial charge is 0.0960 e. The molecule has 0 bridgehead atoms. The highest BCUT2D eigenvalue weighted by Gasteiger charge is 2.43. The topological polar surface area (TPSA) is 24.4 Å². The Morgan fingerprint density at radius 1 is 0.476 bits per heavy atom. The van der Waals surface area contributed by atoms with Crippen LogP contribution in [0.3, 0.4) is 0 Å². The third kappa shape index (κ3) is 7.96. The quantitative estimate of drug-likeness (QED) is 0.131. The van der Waals surface area contributed by atoms with E-state index in [1.807, 2.05) is 30.9 Å². The van der Waals surface area contributed by atoms with Crippen molar-refractivity contribution in [2.75, 3.05) is 7.05 Å². The van der Waals surface area contributed by atoms with Gasteiger partial charge in [0.25, 0.3) is 0 Å². The van der Waals surface area contributed by atoms with Gasteiger partial charge in [0.15, 0.2) is 0 Å². The molecule has 0 atom stereocenters. The molecule has 0 aliphatic carbocycles. The van der Waals surface area contributed by atoms with Gasteiger partial charge >= 0.3 is 0 Å². The van der Waals surface area contributed by atoms with Gasteiger partial charge in [0.2, 0.25) is 0 Å². The van der Waals surface area contributed by atoms with Crippen molar-refractivity contribution in [2.24, 2.45) is 4.99 Å². The highest BCUT2D eigenvalue weighted by molar-refractivity contribution is 8.01. The van der Waals surface area contributed by atoms with Crippen LogP contribution in [0.15, 0.2) is 253 Å². The Balaban J connectivity index is 1.02. The van der Waals surface area contributed by atoms with E-state index in [4.69, 9.17) is 4.99 Å². The molecule has 1 aliphatic rings. The molecule has 2 nitrogen and oxygen atoms in total. The third-order valence-electron chi connectivity index (χ3n) is 12.0. The fourth-order valence-corrected chi connectivity index (χ4v) is 10.5. The summed E-state index contributed by atoms with van der Waals surface area (Å²) in [5, 5.41) is 3.42. The van der Waals surface area contributed by atoms with E-state index in [2.05, 4.69) is 236 Å². The SMILES string of the molecule is CN/C(=C\C(=NCc1ccccc1)c1cccc(-c2cccc(-c3cccc(-c4cccc5c4-c4ccccc4C(c4ccccc4)(c4ccccc4)S5)c3)c2)c1)c1ccccc1. The van der Waals surface area contributed by atoms with Gasteiger partial charge in [0, 0.05) is 28.8 Å². The Kier molecular flexibility index (Phi) is 11.2. The maximum absolute atomic E-state index is 5.20. The van der Waals surface area contributed by atoms with E-state index in [9.17, 15) is 0 Å². The van der Waals surface area contributed by atoms with Gasteiger partial charge in [-0.15, -0.1) is 11.8 Å². The van der Waals surface area contributed by atoms with Crippen LogP contribution in [0.25, 0.3) is 50.2 Å². The zero-order valence-corrected chi connectivity index (χ0v) is 36.0. The van der Waals surface area contributed by atoms with E-state index in [0.717, 1.165) is 33.7 Å². The van der Waals surface area contributed by atoms with Crippen LogP contribution in [-0.4, -0.2) is 12.8 Å². The Morgan fingerprint density at radius 2 is 0.968 bits per heavy atom. The van der Waals surface area contributed by atoms with Crippen LogP contribution < -0.4 is 5.32 Å². The van der Waals surface area contributed by atoms with Gasteiger partial charge in [-0.2, -0.15) is 0 Å². The van der Waals surface area contributed by atoms with Crippen molar-refractivity contribution in [1.29, 1.82) is 0 Å². The lowest BCUT2D eigenvalue weighted by molar-refractivity contribution is 0.888. The van der Waals surface area contributed by atoms with Gasteiger partial charge in [0.1, 0.15) is 0 Å². The largest absolute Gasteiger partial charge is 0.388 e. The van der Waals surface area contributed by atoms with Gasteiger partial charge in [-0.1, -0.05) is 212 Å². The molecule has 1 aliphatic heterocycles. The zero-order chi connectivity index (χ0) is 42.4. The average molecular weight is 827 g/mol. The van der Waals surface area contributed by atoms with Crippen LogP contribution >= 0.6 is 11.8 Å². The number of hydrogen-bond acceptors (Lipinski definition) is 3. The molecule has 0 fully saturated rings. The second-order valence-corrected chi connectivity index (χ2v) is 17.1. The molecule has 3 heteroatoms. The van der Waals surface area contributed by atoms with E-state index in [0.29, 0.717) is 6.54 Å². The fraction of sp³-hybridized carbons (Fsp3) is 0.0500. The van der Waals surface area contributed by atoms with E-state index in [1.54, 1.807) is 0 Å². The number of thioether (sulfide) groups is 1. The number of hydrogen-bond donors (Lipinski definition) is 1. The molecule has 302 valence electrons. The molecule has 9 aromatic rings. The van der Waals surface area contributed by atoms with Gasteiger partial charge < -0.3 is 5.32 Å². The molecule has 0 spiro atoms. The summed E-state index contributed by atoms with van der Waals surface area (Å²) in [6, 6.07) is 85.4. The van der Waals surface area contributed by atoms with Gasteiger partial charge in [-0.05, 0) is 97.1 Å². The Hall–Kier alpha value is -7.46. The minimum Gasteiger partial charge on any atom is -0.388 e. The third-order valence-corrected chi connectivity index (χ3v) is 13.6. The van der Waals surface area contributed by atoms with Crippen LogP contribution in [0.1, 0.15) is 33.4 Å². The molecule has 0 aromatic heterocycles. The highest BCUT2D eigenvalue weighted by atomic mass is 32.2. The van der Waals surface area contributed by atoms with E-state index in [-0.39, 0.29) is 0 Å². The number of benzene rings is 9. The number of fused-ring (bicyclic) bond motifs is 3. The number of nitrogens with zero attached hydrogens (tertiary/aromatic N) is 1. The first-order valence-electron chi connectivity index (χ1n) is 21.6. The summed E-state index contributed by atoms with van der Waals surface area (Å²) in [6.07, 6.45) is 2.17. The summed E-state index contributed by atoms with van der Waals surface area (Å²) in [6.45, 7) is 0.588. The van der Waals surface area contributed by atoms with E-state index < -0.39 is 4.75 Å². The van der Waals surface area contributed by atoms with Crippen LogP contribution in [0, 0.1) is 0 Å². The monoisotopic (exact) mass is 826 g/mol. The summed E-state index contributed by atoms with van der Waals surface area (Å²) >= 11 is 1.95. The summed E-state index contributed by atoms with van der Waals surface area (Å²) in [5.74, 6) is 0. The van der Waals surface area contributed by atoms with Gasteiger partial charge in [-0.3, -0.25) is 4.99 Å². The predicted octanol–water partition coefficient (Wildman–Crippen LogP) is 15.0. The van der Waals surface area contributed by atoms with Crippen LogP contribution in [0.5, 0.6) is 0 Å². The number of rotatable bonds is 11. The Labute approximate surface area is 375 Å². The summed E-state index contributed by atoms with van der Waals surface area (Å²) < 4.78 is -0.397. The van der Waals surface area contributed by atoms with Crippen molar-refractivity contribution >= 4 is 23.2 Å². The molecule has 0 unspecified atom stereocenters. The first-order valence-corrected chi connectivity index (χ1v) is 22.4. The minimum absolute atomic E-state index is 0.397. The van der Waals surface area contributed by atoms with Gasteiger partial charge in [-0.25, -0.2) is 0 Å². The molecule has 0 saturated heterocycles. The number of allylic oxidation sites excluding steroid dienone is 1.